The molecule has 0 atom stereocenters. The Labute approximate surface area is 143 Å². The molecule has 0 aliphatic carbocycles. The van der Waals surface area contributed by atoms with E-state index >= 15 is 0 Å². The van der Waals surface area contributed by atoms with Crippen molar-refractivity contribution in [2.24, 2.45) is 0 Å². The highest BCUT2D eigenvalue weighted by Crippen LogP contribution is 2.19. The quantitative estimate of drug-likeness (QED) is 0.772. The van der Waals surface area contributed by atoms with Crippen LogP contribution in [0, 0.1) is 0 Å². The monoisotopic (exact) mass is 355 g/mol. The fourth-order valence-electron chi connectivity index (χ4n) is 2.64. The van der Waals surface area contributed by atoms with Gasteiger partial charge in [-0.2, -0.15) is 4.31 Å². The molecule has 134 valence electrons. The van der Waals surface area contributed by atoms with E-state index in [1.807, 2.05) is 0 Å². The van der Waals surface area contributed by atoms with E-state index in [4.69, 9.17) is 4.74 Å². The molecule has 2 rings (SSSR count). The van der Waals surface area contributed by atoms with Gasteiger partial charge in [-0.05, 0) is 24.3 Å². The van der Waals surface area contributed by atoms with Crippen LogP contribution in [0.25, 0.3) is 0 Å². The molecule has 1 amide bonds. The van der Waals surface area contributed by atoms with Crippen LogP contribution in [0.15, 0.2) is 29.2 Å². The van der Waals surface area contributed by atoms with Crippen LogP contribution >= 0.6 is 0 Å². The first-order chi connectivity index (χ1) is 11.5. The van der Waals surface area contributed by atoms with Gasteiger partial charge in [-0.3, -0.25) is 4.79 Å². The van der Waals surface area contributed by atoms with Crippen LogP contribution in [0.1, 0.15) is 13.3 Å². The van der Waals surface area contributed by atoms with Crippen molar-refractivity contribution in [1.29, 1.82) is 0 Å². The van der Waals surface area contributed by atoms with Crippen molar-refractivity contribution in [3.05, 3.63) is 24.3 Å². The molecule has 1 aliphatic heterocycles. The zero-order chi connectivity index (χ0) is 17.6. The van der Waals surface area contributed by atoms with E-state index < -0.39 is 10.0 Å². The van der Waals surface area contributed by atoms with Gasteiger partial charge in [0.15, 0.2) is 0 Å². The maximum atomic E-state index is 12.7. The molecule has 0 saturated carbocycles. The summed E-state index contributed by atoms with van der Waals surface area (Å²) >= 11 is 0. The lowest BCUT2D eigenvalue weighted by Crippen LogP contribution is -2.47. The molecule has 1 aromatic rings. The summed E-state index contributed by atoms with van der Waals surface area (Å²) < 4.78 is 31.8. The molecule has 1 fully saturated rings. The van der Waals surface area contributed by atoms with Gasteiger partial charge >= 0.3 is 0 Å². The SMILES string of the molecule is CCN(CCC(=O)N1CCNCC1)S(=O)(=O)c1ccc(OC)cc1. The Morgan fingerprint density at radius 1 is 1.25 bits per heavy atom. The van der Waals surface area contributed by atoms with E-state index in [0.717, 1.165) is 13.1 Å². The molecule has 0 bridgehead atoms. The molecule has 0 spiro atoms. The molecule has 0 radical (unpaired) electrons. The molecular formula is C16H25N3O4S. The van der Waals surface area contributed by atoms with E-state index in [2.05, 4.69) is 5.32 Å². The highest BCUT2D eigenvalue weighted by Gasteiger charge is 2.25. The third-order valence-corrected chi connectivity index (χ3v) is 6.08. The topological polar surface area (TPSA) is 79.0 Å². The van der Waals surface area contributed by atoms with Crippen LogP contribution in [0.3, 0.4) is 0 Å². The molecular weight excluding hydrogens is 330 g/mol. The number of ether oxygens (including phenoxy) is 1. The summed E-state index contributed by atoms with van der Waals surface area (Å²) in [5.41, 5.74) is 0. The van der Waals surface area contributed by atoms with Crippen molar-refractivity contribution in [2.45, 2.75) is 18.2 Å². The fourth-order valence-corrected chi connectivity index (χ4v) is 4.09. The van der Waals surface area contributed by atoms with Crippen molar-refractivity contribution < 1.29 is 17.9 Å². The van der Waals surface area contributed by atoms with E-state index in [9.17, 15) is 13.2 Å². The molecule has 7 nitrogen and oxygen atoms in total. The van der Waals surface area contributed by atoms with Crippen LogP contribution in [0.2, 0.25) is 0 Å². The summed E-state index contributed by atoms with van der Waals surface area (Å²) in [6.45, 7) is 5.21. The predicted molar refractivity (Wildman–Crippen MR) is 91.5 cm³/mol. The number of nitrogens with one attached hydrogen (secondary N) is 1. The second-order valence-electron chi connectivity index (χ2n) is 5.55. The number of rotatable bonds is 7. The second kappa shape index (κ2) is 8.46. The summed E-state index contributed by atoms with van der Waals surface area (Å²) in [5, 5.41) is 3.19. The van der Waals surface area contributed by atoms with Crippen molar-refractivity contribution in [2.75, 3.05) is 46.4 Å². The van der Waals surface area contributed by atoms with Gasteiger partial charge in [0.2, 0.25) is 15.9 Å². The third-order valence-electron chi connectivity index (χ3n) is 4.09. The Balaban J connectivity index is 2.01. The van der Waals surface area contributed by atoms with E-state index in [0.29, 0.717) is 25.4 Å². The summed E-state index contributed by atoms with van der Waals surface area (Å²) in [5.74, 6) is 0.603. The molecule has 8 heteroatoms. The molecule has 1 saturated heterocycles. The van der Waals surface area contributed by atoms with E-state index in [-0.39, 0.29) is 23.8 Å². The molecule has 0 unspecified atom stereocenters. The Morgan fingerprint density at radius 2 is 1.88 bits per heavy atom. The number of hydrogen-bond donors (Lipinski definition) is 1. The standard InChI is InChI=1S/C16H25N3O4S/c1-3-19(11-8-16(20)18-12-9-17-10-13-18)24(21,22)15-6-4-14(23-2)5-7-15/h4-7,17H,3,8-13H2,1-2H3. The number of sulfonamides is 1. The molecule has 1 N–H and O–H groups in total. The van der Waals surface area contributed by atoms with Crippen LogP contribution in [-0.2, 0) is 14.8 Å². The molecule has 24 heavy (non-hydrogen) atoms. The third kappa shape index (κ3) is 4.46. The molecule has 1 aromatic carbocycles. The van der Waals surface area contributed by atoms with Crippen molar-refractivity contribution >= 4 is 15.9 Å². The minimum atomic E-state index is -3.61. The summed E-state index contributed by atoms with van der Waals surface area (Å²) in [6, 6.07) is 6.28. The Hall–Kier alpha value is -1.64. The van der Waals surface area contributed by atoms with Gasteiger partial charge in [-0.25, -0.2) is 8.42 Å². The summed E-state index contributed by atoms with van der Waals surface area (Å²) in [6.07, 6.45) is 0.198. The largest absolute Gasteiger partial charge is 0.497 e. The minimum Gasteiger partial charge on any atom is -0.497 e. The fraction of sp³-hybridized carbons (Fsp3) is 0.562. The zero-order valence-electron chi connectivity index (χ0n) is 14.2. The number of piperazine rings is 1. The highest BCUT2D eigenvalue weighted by molar-refractivity contribution is 7.89. The first kappa shape index (κ1) is 18.7. The number of methoxy groups -OCH3 is 1. The van der Waals surface area contributed by atoms with Gasteiger partial charge in [0.1, 0.15) is 5.75 Å². The number of carbonyl (C=O) groups is 1. The Bertz CT molecular complexity index is 640. The van der Waals surface area contributed by atoms with Crippen LogP contribution in [0.5, 0.6) is 5.75 Å². The Kier molecular flexibility index (Phi) is 6.59. The molecule has 0 aromatic heterocycles. The second-order valence-corrected chi connectivity index (χ2v) is 7.49. The summed E-state index contributed by atoms with van der Waals surface area (Å²) in [4.78, 5) is 14.2. The molecule has 1 aliphatic rings. The van der Waals surface area contributed by atoms with Crippen molar-refractivity contribution in [1.82, 2.24) is 14.5 Å². The zero-order valence-corrected chi connectivity index (χ0v) is 15.0. The lowest BCUT2D eigenvalue weighted by molar-refractivity contribution is -0.131. The number of nitrogens with zero attached hydrogens (tertiary/aromatic N) is 2. The van der Waals surface area contributed by atoms with Gasteiger partial charge in [0, 0.05) is 45.7 Å². The predicted octanol–water partition coefficient (Wildman–Crippen LogP) is 0.528. The summed E-state index contributed by atoms with van der Waals surface area (Å²) in [7, 11) is -2.08. The van der Waals surface area contributed by atoms with Crippen LogP contribution in [0.4, 0.5) is 0 Å². The average Bonchev–Trinajstić information content (AvgIpc) is 2.62. The van der Waals surface area contributed by atoms with Crippen molar-refractivity contribution in [3.63, 3.8) is 0 Å². The van der Waals surface area contributed by atoms with E-state index in [1.165, 1.54) is 23.5 Å². The van der Waals surface area contributed by atoms with Crippen LogP contribution < -0.4 is 10.1 Å². The number of benzene rings is 1. The number of carbonyl (C=O) groups excluding carboxylic acids is 1. The first-order valence-electron chi connectivity index (χ1n) is 8.11. The van der Waals surface area contributed by atoms with E-state index in [1.54, 1.807) is 24.0 Å². The van der Waals surface area contributed by atoms with Gasteiger partial charge in [0.05, 0.1) is 12.0 Å². The molecule has 1 heterocycles. The minimum absolute atomic E-state index is 0.000110. The van der Waals surface area contributed by atoms with Gasteiger partial charge in [-0.15, -0.1) is 0 Å². The van der Waals surface area contributed by atoms with Gasteiger partial charge in [-0.1, -0.05) is 6.92 Å². The number of amides is 1. The average molecular weight is 355 g/mol. The lowest BCUT2D eigenvalue weighted by Gasteiger charge is -2.28. The van der Waals surface area contributed by atoms with Crippen LogP contribution in [-0.4, -0.2) is 69.9 Å². The van der Waals surface area contributed by atoms with Gasteiger partial charge in [0.25, 0.3) is 0 Å². The maximum Gasteiger partial charge on any atom is 0.243 e. The number of hydrogen-bond acceptors (Lipinski definition) is 5. The normalized spacial score (nSPS) is 15.5. The van der Waals surface area contributed by atoms with Crippen molar-refractivity contribution in [3.8, 4) is 5.75 Å². The maximum absolute atomic E-state index is 12.7. The Morgan fingerprint density at radius 3 is 2.42 bits per heavy atom. The highest BCUT2D eigenvalue weighted by atomic mass is 32.2. The van der Waals surface area contributed by atoms with Gasteiger partial charge < -0.3 is 15.0 Å². The smallest absolute Gasteiger partial charge is 0.243 e. The first-order valence-corrected chi connectivity index (χ1v) is 9.55. The lowest BCUT2D eigenvalue weighted by atomic mass is 10.3.